The van der Waals surface area contributed by atoms with Gasteiger partial charge in [-0.2, -0.15) is 0 Å². The molecule has 1 unspecified atom stereocenters. The van der Waals surface area contributed by atoms with Gasteiger partial charge in [0.15, 0.2) is 0 Å². The van der Waals surface area contributed by atoms with Gasteiger partial charge in [-0.15, -0.1) is 0 Å². The molecule has 184 valence electrons. The molecule has 3 aromatic carbocycles. The molecule has 0 aliphatic rings. The Balaban J connectivity index is 1.65. The quantitative estimate of drug-likeness (QED) is 0.144. The van der Waals surface area contributed by atoms with Crippen molar-refractivity contribution in [3.63, 3.8) is 0 Å². The summed E-state index contributed by atoms with van der Waals surface area (Å²) in [5.41, 5.74) is 0. The molecule has 0 aliphatic carbocycles. The van der Waals surface area contributed by atoms with E-state index in [9.17, 15) is 0 Å². The second kappa shape index (κ2) is 15.2. The third-order valence-corrected chi connectivity index (χ3v) is 12.8. The predicted octanol–water partition coefficient (Wildman–Crippen LogP) is 8.66. The number of rotatable bonds is 16. The normalized spacial score (nSPS) is 13.0. The zero-order chi connectivity index (χ0) is 23.9. The first-order chi connectivity index (χ1) is 16.8. The third-order valence-electron chi connectivity index (χ3n) is 7.50. The third kappa shape index (κ3) is 7.81. The minimum atomic E-state index is -2.08. The molecule has 34 heavy (non-hydrogen) atoms. The molecule has 0 saturated heterocycles. The molecule has 0 nitrogen and oxygen atoms in total. The summed E-state index contributed by atoms with van der Waals surface area (Å²) in [4.78, 5) is 0. The summed E-state index contributed by atoms with van der Waals surface area (Å²) in [5.74, 6) is 0.723. The van der Waals surface area contributed by atoms with Crippen molar-refractivity contribution in [3.8, 4) is 0 Å². The topological polar surface area (TPSA) is 0 Å². The Hall–Kier alpha value is -1.91. The number of unbranched alkanes of at least 4 members (excludes halogenated alkanes) is 9. The Bertz CT molecular complexity index is 791. The van der Waals surface area contributed by atoms with Crippen LogP contribution in [0.3, 0.4) is 0 Å². The number of hydrogen-bond donors (Lipinski definition) is 0. The Labute approximate surface area is 210 Å². The molecule has 3 rings (SSSR count). The van der Waals surface area contributed by atoms with Gasteiger partial charge < -0.3 is 0 Å². The summed E-state index contributed by atoms with van der Waals surface area (Å²) in [5, 5.41) is 4.63. The Morgan fingerprint density at radius 2 is 0.853 bits per heavy atom. The molecule has 0 bridgehead atoms. The van der Waals surface area contributed by atoms with E-state index >= 15 is 0 Å². The standard InChI is InChI=1S/C33H47P/c1-3-4-5-6-7-8-9-10-11-15-22-30(2)29-34(31-23-16-12-17-24-31,32-25-18-13-19-26-32)33-27-20-14-21-28-33/h12-14,16-21,23-28,30,34H,3-11,15,22,29H2,1-2H3. The van der Waals surface area contributed by atoms with E-state index in [2.05, 4.69) is 105 Å². The van der Waals surface area contributed by atoms with Crippen LogP contribution in [0.5, 0.6) is 0 Å². The van der Waals surface area contributed by atoms with Crippen molar-refractivity contribution < 1.29 is 0 Å². The van der Waals surface area contributed by atoms with Crippen molar-refractivity contribution in [2.75, 3.05) is 6.16 Å². The van der Waals surface area contributed by atoms with Crippen molar-refractivity contribution >= 4 is 23.2 Å². The summed E-state index contributed by atoms with van der Waals surface area (Å²) < 4.78 is 0. The van der Waals surface area contributed by atoms with Crippen molar-refractivity contribution in [2.24, 2.45) is 5.92 Å². The number of hydrogen-bond acceptors (Lipinski definition) is 0. The van der Waals surface area contributed by atoms with E-state index in [1.807, 2.05) is 0 Å². The SMILES string of the molecule is CCCCCCCCCCCCC(C)C[PH](c1ccccc1)(c1ccccc1)c1ccccc1. The second-order valence-corrected chi connectivity index (χ2v) is 14.2. The van der Waals surface area contributed by atoms with Gasteiger partial charge in [0, 0.05) is 0 Å². The van der Waals surface area contributed by atoms with Gasteiger partial charge in [0.1, 0.15) is 0 Å². The van der Waals surface area contributed by atoms with Crippen LogP contribution >= 0.6 is 7.26 Å². The van der Waals surface area contributed by atoms with Gasteiger partial charge in [0.2, 0.25) is 0 Å². The van der Waals surface area contributed by atoms with Gasteiger partial charge in [0.25, 0.3) is 0 Å². The van der Waals surface area contributed by atoms with Gasteiger partial charge in [0.05, 0.1) is 0 Å². The Morgan fingerprint density at radius 1 is 0.500 bits per heavy atom. The van der Waals surface area contributed by atoms with Gasteiger partial charge in [-0.05, 0) is 0 Å². The summed E-state index contributed by atoms with van der Waals surface area (Å²) in [6, 6.07) is 34.2. The average molecular weight is 475 g/mol. The molecule has 0 heterocycles. The van der Waals surface area contributed by atoms with Crippen molar-refractivity contribution in [3.05, 3.63) is 91.0 Å². The van der Waals surface area contributed by atoms with Crippen LogP contribution in [0.1, 0.15) is 84.5 Å². The molecule has 0 saturated carbocycles. The molecule has 0 N–H and O–H groups in total. The van der Waals surface area contributed by atoms with Gasteiger partial charge >= 0.3 is 197 Å². The van der Waals surface area contributed by atoms with Crippen LogP contribution in [-0.4, -0.2) is 6.16 Å². The van der Waals surface area contributed by atoms with Crippen LogP contribution in [0.2, 0.25) is 0 Å². The molecule has 0 aliphatic heterocycles. The zero-order valence-electron chi connectivity index (χ0n) is 21.7. The second-order valence-electron chi connectivity index (χ2n) is 10.3. The van der Waals surface area contributed by atoms with E-state index < -0.39 is 7.26 Å². The molecule has 3 aromatic rings. The fraction of sp³-hybridized carbons (Fsp3) is 0.455. The van der Waals surface area contributed by atoms with Crippen LogP contribution in [0.15, 0.2) is 91.0 Å². The van der Waals surface area contributed by atoms with Crippen molar-refractivity contribution in [1.82, 2.24) is 0 Å². The average Bonchev–Trinajstić information content (AvgIpc) is 2.90. The molecule has 0 amide bonds. The summed E-state index contributed by atoms with van der Waals surface area (Å²) in [7, 11) is -2.08. The van der Waals surface area contributed by atoms with E-state index in [1.54, 1.807) is 15.9 Å². The van der Waals surface area contributed by atoms with E-state index in [4.69, 9.17) is 0 Å². The fourth-order valence-corrected chi connectivity index (χ4v) is 10.9. The number of benzene rings is 3. The van der Waals surface area contributed by atoms with Crippen LogP contribution in [0.4, 0.5) is 0 Å². The monoisotopic (exact) mass is 474 g/mol. The van der Waals surface area contributed by atoms with Crippen LogP contribution in [-0.2, 0) is 0 Å². The molecule has 0 fully saturated rings. The fourth-order valence-electron chi connectivity index (χ4n) is 5.63. The van der Waals surface area contributed by atoms with Crippen LogP contribution in [0, 0.1) is 5.92 Å². The molecule has 0 spiro atoms. The first-order valence-electron chi connectivity index (χ1n) is 13.9. The van der Waals surface area contributed by atoms with Gasteiger partial charge in [-0.1, -0.05) is 13.3 Å². The van der Waals surface area contributed by atoms with E-state index in [0.29, 0.717) is 0 Å². The Morgan fingerprint density at radius 3 is 1.24 bits per heavy atom. The van der Waals surface area contributed by atoms with E-state index in [0.717, 1.165) is 5.92 Å². The first kappa shape index (κ1) is 26.7. The van der Waals surface area contributed by atoms with Crippen molar-refractivity contribution in [1.29, 1.82) is 0 Å². The minimum absolute atomic E-state index is 0.723. The zero-order valence-corrected chi connectivity index (χ0v) is 22.7. The van der Waals surface area contributed by atoms with Crippen LogP contribution < -0.4 is 15.9 Å². The van der Waals surface area contributed by atoms with E-state index in [-0.39, 0.29) is 0 Å². The molecule has 1 atom stereocenters. The van der Waals surface area contributed by atoms with E-state index in [1.165, 1.54) is 76.8 Å². The Kier molecular flexibility index (Phi) is 11.9. The molecular weight excluding hydrogens is 427 g/mol. The summed E-state index contributed by atoms with van der Waals surface area (Å²) in [6.45, 7) is 4.80. The van der Waals surface area contributed by atoms with Gasteiger partial charge in [-0.25, -0.2) is 0 Å². The molecule has 1 heteroatoms. The maximum absolute atomic E-state index is 2.50. The molecule has 0 radical (unpaired) electrons. The van der Waals surface area contributed by atoms with Gasteiger partial charge in [-0.3, -0.25) is 0 Å². The van der Waals surface area contributed by atoms with Crippen molar-refractivity contribution in [2.45, 2.75) is 84.5 Å². The predicted molar refractivity (Wildman–Crippen MR) is 157 cm³/mol. The van der Waals surface area contributed by atoms with Crippen LogP contribution in [0.25, 0.3) is 0 Å². The summed E-state index contributed by atoms with van der Waals surface area (Å²) in [6.07, 6.45) is 16.8. The first-order valence-corrected chi connectivity index (χ1v) is 16.1. The maximum atomic E-state index is 2.50. The molecule has 0 aromatic heterocycles. The molecular formula is C33H47P. The summed E-state index contributed by atoms with van der Waals surface area (Å²) >= 11 is 0.